The lowest BCUT2D eigenvalue weighted by atomic mass is 10.1. The average molecular weight is 275 g/mol. The molecule has 0 bridgehead atoms. The summed E-state index contributed by atoms with van der Waals surface area (Å²) in [7, 11) is 0. The Morgan fingerprint density at radius 1 is 1.21 bits per heavy atom. The first-order chi connectivity index (χ1) is 8.99. The van der Waals surface area contributed by atoms with Crippen molar-refractivity contribution in [2.24, 2.45) is 0 Å². The van der Waals surface area contributed by atoms with E-state index in [2.05, 4.69) is 5.32 Å². The van der Waals surface area contributed by atoms with Crippen molar-refractivity contribution in [3.05, 3.63) is 58.1 Å². The second kappa shape index (κ2) is 5.33. The number of nitrogen functional groups attached to an aromatic ring is 1. The third kappa shape index (κ3) is 2.88. The van der Waals surface area contributed by atoms with Crippen LogP contribution in [0.25, 0.3) is 0 Å². The Morgan fingerprint density at radius 3 is 2.68 bits per heavy atom. The van der Waals surface area contributed by atoms with Crippen LogP contribution in [0.5, 0.6) is 0 Å². The number of anilines is 2. The van der Waals surface area contributed by atoms with E-state index in [9.17, 15) is 4.79 Å². The quantitative estimate of drug-likeness (QED) is 0.819. The smallest absolute Gasteiger partial charge is 0.256 e. The first kappa shape index (κ1) is 13.4. The molecule has 0 saturated carbocycles. The number of aryl methyl sites for hydroxylation is 1. The minimum atomic E-state index is -0.185. The lowest BCUT2D eigenvalue weighted by Gasteiger charge is -2.11. The molecule has 0 spiro atoms. The van der Waals surface area contributed by atoms with Gasteiger partial charge >= 0.3 is 0 Å². The van der Waals surface area contributed by atoms with Crippen LogP contribution in [-0.4, -0.2) is 5.91 Å². The summed E-state index contributed by atoms with van der Waals surface area (Å²) in [5.41, 5.74) is 9.28. The Morgan fingerprint density at radius 2 is 1.95 bits per heavy atom. The molecule has 0 heterocycles. The number of hydrogen-bond acceptors (Lipinski definition) is 2. The van der Waals surface area contributed by atoms with Gasteiger partial charge < -0.3 is 11.1 Å². The second-order valence-corrected chi connectivity index (χ2v) is 4.85. The van der Waals surface area contributed by atoms with E-state index in [-0.39, 0.29) is 5.91 Å². The van der Waals surface area contributed by atoms with Crippen molar-refractivity contribution in [2.45, 2.75) is 13.8 Å². The average Bonchev–Trinajstić information content (AvgIpc) is 2.38. The maximum absolute atomic E-state index is 12.2. The number of rotatable bonds is 2. The second-order valence-electron chi connectivity index (χ2n) is 4.44. The van der Waals surface area contributed by atoms with Crippen molar-refractivity contribution in [1.29, 1.82) is 0 Å². The first-order valence-corrected chi connectivity index (χ1v) is 6.29. The molecule has 2 aromatic carbocycles. The summed E-state index contributed by atoms with van der Waals surface area (Å²) in [6.45, 7) is 3.74. The fraction of sp³-hybridized carbons (Fsp3) is 0.133. The Kier molecular flexibility index (Phi) is 3.76. The number of benzene rings is 2. The molecule has 3 N–H and O–H groups in total. The van der Waals surface area contributed by atoms with Gasteiger partial charge in [0, 0.05) is 22.0 Å². The van der Waals surface area contributed by atoms with E-state index in [4.69, 9.17) is 17.3 Å². The molecule has 0 fully saturated rings. The molecule has 0 radical (unpaired) electrons. The molecule has 4 heteroatoms. The highest BCUT2D eigenvalue weighted by Gasteiger charge is 2.11. The van der Waals surface area contributed by atoms with Gasteiger partial charge in [0.2, 0.25) is 0 Å². The summed E-state index contributed by atoms with van der Waals surface area (Å²) in [4.78, 5) is 12.2. The minimum absolute atomic E-state index is 0.185. The summed E-state index contributed by atoms with van der Waals surface area (Å²) in [5, 5.41) is 3.48. The highest BCUT2D eigenvalue weighted by Crippen LogP contribution is 2.24. The zero-order valence-corrected chi connectivity index (χ0v) is 11.6. The van der Waals surface area contributed by atoms with Crippen LogP contribution >= 0.6 is 11.6 Å². The lowest BCUT2D eigenvalue weighted by molar-refractivity contribution is 0.102. The van der Waals surface area contributed by atoms with E-state index in [1.165, 1.54) is 0 Å². The van der Waals surface area contributed by atoms with Crippen molar-refractivity contribution in [3.8, 4) is 0 Å². The maximum atomic E-state index is 12.2. The molecule has 0 aliphatic rings. The molecule has 19 heavy (non-hydrogen) atoms. The highest BCUT2D eigenvalue weighted by molar-refractivity contribution is 6.31. The van der Waals surface area contributed by atoms with Gasteiger partial charge in [-0.1, -0.05) is 23.7 Å². The Labute approximate surface area is 117 Å². The molecule has 0 aliphatic heterocycles. The number of nitrogens with two attached hydrogens (primary N) is 1. The highest BCUT2D eigenvalue weighted by atomic mass is 35.5. The van der Waals surface area contributed by atoms with E-state index in [1.807, 2.05) is 26.0 Å². The largest absolute Gasteiger partial charge is 0.399 e. The molecule has 0 aromatic heterocycles. The monoisotopic (exact) mass is 274 g/mol. The molecule has 2 aromatic rings. The van der Waals surface area contributed by atoms with Gasteiger partial charge in [-0.05, 0) is 49.2 Å². The number of amides is 1. The lowest BCUT2D eigenvalue weighted by Crippen LogP contribution is -2.14. The third-order valence-corrected chi connectivity index (χ3v) is 3.43. The van der Waals surface area contributed by atoms with Gasteiger partial charge in [-0.3, -0.25) is 4.79 Å². The van der Waals surface area contributed by atoms with Crippen LogP contribution in [0.2, 0.25) is 5.02 Å². The summed E-state index contributed by atoms with van der Waals surface area (Å²) < 4.78 is 0. The molecule has 0 atom stereocenters. The Bertz CT molecular complexity index is 638. The van der Waals surface area contributed by atoms with Gasteiger partial charge in [-0.15, -0.1) is 0 Å². The predicted octanol–water partition coefficient (Wildman–Crippen LogP) is 3.79. The fourth-order valence-corrected chi connectivity index (χ4v) is 1.99. The molecule has 2 rings (SSSR count). The zero-order valence-electron chi connectivity index (χ0n) is 10.8. The van der Waals surface area contributed by atoms with E-state index in [0.29, 0.717) is 22.0 Å². The molecule has 0 unspecified atom stereocenters. The molecular formula is C15H15ClN2O. The summed E-state index contributed by atoms with van der Waals surface area (Å²) in [6, 6.07) is 10.7. The van der Waals surface area contributed by atoms with Gasteiger partial charge in [0.15, 0.2) is 0 Å². The molecule has 3 nitrogen and oxygen atoms in total. The van der Waals surface area contributed by atoms with Gasteiger partial charge in [-0.25, -0.2) is 0 Å². The standard InChI is InChI=1S/C15H15ClN2O/c1-9-6-7-11(17)8-12(9)15(19)18-14-5-3-4-13(16)10(14)2/h3-8H,17H2,1-2H3,(H,18,19). The van der Waals surface area contributed by atoms with Crippen molar-refractivity contribution < 1.29 is 4.79 Å². The van der Waals surface area contributed by atoms with Crippen molar-refractivity contribution >= 4 is 28.9 Å². The molecule has 0 saturated heterocycles. The van der Waals surface area contributed by atoms with Gasteiger partial charge in [0.25, 0.3) is 5.91 Å². The van der Waals surface area contributed by atoms with E-state index in [1.54, 1.807) is 24.3 Å². The summed E-state index contributed by atoms with van der Waals surface area (Å²) >= 11 is 6.03. The van der Waals surface area contributed by atoms with Crippen LogP contribution in [0.15, 0.2) is 36.4 Å². The summed E-state index contributed by atoms with van der Waals surface area (Å²) in [5.74, 6) is -0.185. The van der Waals surface area contributed by atoms with Gasteiger partial charge in [0.05, 0.1) is 0 Å². The van der Waals surface area contributed by atoms with Crippen molar-refractivity contribution in [2.75, 3.05) is 11.1 Å². The van der Waals surface area contributed by atoms with Crippen molar-refractivity contribution in [1.82, 2.24) is 0 Å². The van der Waals surface area contributed by atoms with Crippen LogP contribution in [0, 0.1) is 13.8 Å². The third-order valence-electron chi connectivity index (χ3n) is 3.02. The van der Waals surface area contributed by atoms with E-state index in [0.717, 1.165) is 11.1 Å². The van der Waals surface area contributed by atoms with Crippen LogP contribution in [0.3, 0.4) is 0 Å². The number of nitrogens with one attached hydrogen (secondary N) is 1. The zero-order chi connectivity index (χ0) is 14.0. The minimum Gasteiger partial charge on any atom is -0.399 e. The molecular weight excluding hydrogens is 260 g/mol. The predicted molar refractivity (Wildman–Crippen MR) is 79.7 cm³/mol. The van der Waals surface area contributed by atoms with E-state index < -0.39 is 0 Å². The number of carbonyl (C=O) groups excluding carboxylic acids is 1. The fourth-order valence-electron chi connectivity index (χ4n) is 1.82. The summed E-state index contributed by atoms with van der Waals surface area (Å²) in [6.07, 6.45) is 0. The van der Waals surface area contributed by atoms with Crippen LogP contribution in [-0.2, 0) is 0 Å². The van der Waals surface area contributed by atoms with Crippen LogP contribution in [0.4, 0.5) is 11.4 Å². The van der Waals surface area contributed by atoms with Crippen LogP contribution < -0.4 is 11.1 Å². The normalized spacial score (nSPS) is 10.3. The topological polar surface area (TPSA) is 55.1 Å². The van der Waals surface area contributed by atoms with Gasteiger partial charge in [-0.2, -0.15) is 0 Å². The molecule has 1 amide bonds. The SMILES string of the molecule is Cc1ccc(N)cc1C(=O)Nc1cccc(Cl)c1C. The number of carbonyl (C=O) groups is 1. The Balaban J connectivity index is 2.31. The maximum Gasteiger partial charge on any atom is 0.256 e. The van der Waals surface area contributed by atoms with Crippen molar-refractivity contribution in [3.63, 3.8) is 0 Å². The molecule has 0 aliphatic carbocycles. The van der Waals surface area contributed by atoms with Crippen LogP contribution in [0.1, 0.15) is 21.5 Å². The Hall–Kier alpha value is -2.00. The molecule has 98 valence electrons. The number of halogens is 1. The van der Waals surface area contributed by atoms with Gasteiger partial charge in [0.1, 0.15) is 0 Å². The first-order valence-electron chi connectivity index (χ1n) is 5.91. The number of hydrogen-bond donors (Lipinski definition) is 2. The van der Waals surface area contributed by atoms with E-state index >= 15 is 0 Å².